The van der Waals surface area contributed by atoms with Crippen molar-refractivity contribution >= 4 is 11.8 Å². The Morgan fingerprint density at radius 3 is 2.11 bits per heavy atom. The predicted molar refractivity (Wildman–Crippen MR) is 71.2 cm³/mol. The van der Waals surface area contributed by atoms with Gasteiger partial charge in [-0.2, -0.15) is 0 Å². The zero-order valence-electron chi connectivity index (χ0n) is 11.8. The summed E-state index contributed by atoms with van der Waals surface area (Å²) in [5.74, 6) is 0.496. The highest BCUT2D eigenvalue weighted by molar-refractivity contribution is 5.76. The number of ether oxygens (including phenoxy) is 1. The van der Waals surface area contributed by atoms with Crippen molar-refractivity contribution in [2.75, 3.05) is 26.3 Å². The van der Waals surface area contributed by atoms with Crippen molar-refractivity contribution in [1.82, 2.24) is 10.6 Å². The third kappa shape index (κ3) is 11.4. The maximum absolute atomic E-state index is 11.3. The van der Waals surface area contributed by atoms with Crippen LogP contribution in [0.1, 0.15) is 40.0 Å². The van der Waals surface area contributed by atoms with Crippen molar-refractivity contribution < 1.29 is 14.3 Å². The number of nitrogens with one attached hydrogen (secondary N) is 2. The summed E-state index contributed by atoms with van der Waals surface area (Å²) in [7, 11) is 0. The molecule has 0 rings (SSSR count). The highest BCUT2D eigenvalue weighted by Gasteiger charge is 2.03. The van der Waals surface area contributed by atoms with E-state index in [1.807, 2.05) is 20.8 Å². The van der Waals surface area contributed by atoms with E-state index in [1.165, 1.54) is 0 Å². The SMILES string of the molecule is CCCC(=O)NCCOCCNC(=O)CC(C)C. The molecule has 0 aromatic carbocycles. The first-order chi connectivity index (χ1) is 8.56. The van der Waals surface area contributed by atoms with Crippen LogP contribution in [0.3, 0.4) is 0 Å². The monoisotopic (exact) mass is 258 g/mol. The molecule has 106 valence electrons. The van der Waals surface area contributed by atoms with Crippen molar-refractivity contribution in [3.63, 3.8) is 0 Å². The normalized spacial score (nSPS) is 10.4. The molecule has 18 heavy (non-hydrogen) atoms. The number of hydrogen-bond acceptors (Lipinski definition) is 3. The molecule has 0 aliphatic carbocycles. The van der Waals surface area contributed by atoms with Crippen LogP contribution in [0, 0.1) is 5.92 Å². The summed E-state index contributed by atoms with van der Waals surface area (Å²) in [5, 5.41) is 5.54. The molecule has 0 fully saturated rings. The quantitative estimate of drug-likeness (QED) is 0.576. The molecule has 0 radical (unpaired) electrons. The molecular formula is C13H26N2O3. The molecule has 5 nitrogen and oxygen atoms in total. The zero-order valence-corrected chi connectivity index (χ0v) is 11.8. The Labute approximate surface area is 110 Å². The molecule has 0 spiro atoms. The van der Waals surface area contributed by atoms with Gasteiger partial charge < -0.3 is 15.4 Å². The molecule has 0 saturated heterocycles. The van der Waals surface area contributed by atoms with Gasteiger partial charge in [0.2, 0.25) is 11.8 Å². The van der Waals surface area contributed by atoms with Crippen LogP contribution in [0.25, 0.3) is 0 Å². The second-order valence-corrected chi connectivity index (χ2v) is 4.66. The highest BCUT2D eigenvalue weighted by Crippen LogP contribution is 1.97. The lowest BCUT2D eigenvalue weighted by atomic mass is 10.1. The summed E-state index contributed by atoms with van der Waals surface area (Å²) >= 11 is 0. The summed E-state index contributed by atoms with van der Waals surface area (Å²) in [6.45, 7) is 8.00. The van der Waals surface area contributed by atoms with Crippen LogP contribution < -0.4 is 10.6 Å². The maximum Gasteiger partial charge on any atom is 0.220 e. The summed E-state index contributed by atoms with van der Waals surface area (Å²) in [6, 6.07) is 0. The lowest BCUT2D eigenvalue weighted by Crippen LogP contribution is -2.30. The topological polar surface area (TPSA) is 67.4 Å². The Morgan fingerprint density at radius 1 is 1.06 bits per heavy atom. The molecule has 5 heteroatoms. The first kappa shape index (κ1) is 16.9. The molecule has 0 heterocycles. The van der Waals surface area contributed by atoms with Gasteiger partial charge in [-0.3, -0.25) is 9.59 Å². The average Bonchev–Trinajstić information content (AvgIpc) is 2.27. The lowest BCUT2D eigenvalue weighted by Gasteiger charge is -2.08. The fourth-order valence-electron chi connectivity index (χ4n) is 1.39. The summed E-state index contributed by atoms with van der Waals surface area (Å²) in [4.78, 5) is 22.4. The smallest absolute Gasteiger partial charge is 0.220 e. The van der Waals surface area contributed by atoms with E-state index in [-0.39, 0.29) is 11.8 Å². The van der Waals surface area contributed by atoms with Gasteiger partial charge in [-0.15, -0.1) is 0 Å². The molecule has 0 aromatic rings. The first-order valence-corrected chi connectivity index (χ1v) is 6.67. The van der Waals surface area contributed by atoms with Crippen LogP contribution in [-0.4, -0.2) is 38.1 Å². The fraction of sp³-hybridized carbons (Fsp3) is 0.846. The first-order valence-electron chi connectivity index (χ1n) is 6.67. The Bertz CT molecular complexity index is 242. The summed E-state index contributed by atoms with van der Waals surface area (Å²) in [6.07, 6.45) is 1.97. The van der Waals surface area contributed by atoms with E-state index in [0.29, 0.717) is 45.1 Å². The third-order valence-electron chi connectivity index (χ3n) is 2.21. The molecular weight excluding hydrogens is 232 g/mol. The Hall–Kier alpha value is -1.10. The number of hydrogen-bond donors (Lipinski definition) is 2. The van der Waals surface area contributed by atoms with Crippen LogP contribution in [0.5, 0.6) is 0 Å². The van der Waals surface area contributed by atoms with Gasteiger partial charge in [0.05, 0.1) is 13.2 Å². The van der Waals surface area contributed by atoms with E-state index in [4.69, 9.17) is 4.74 Å². The number of carbonyl (C=O) groups excluding carboxylic acids is 2. The van der Waals surface area contributed by atoms with E-state index in [1.54, 1.807) is 0 Å². The van der Waals surface area contributed by atoms with E-state index in [0.717, 1.165) is 6.42 Å². The molecule has 2 amide bonds. The van der Waals surface area contributed by atoms with Crippen LogP contribution >= 0.6 is 0 Å². The number of carbonyl (C=O) groups is 2. The standard InChI is InChI=1S/C13H26N2O3/c1-4-5-12(16)14-6-8-18-9-7-15-13(17)10-11(2)3/h11H,4-10H2,1-3H3,(H,14,16)(H,15,17). The molecule has 0 unspecified atom stereocenters. The van der Waals surface area contributed by atoms with Crippen LogP contribution in [0.2, 0.25) is 0 Å². The van der Waals surface area contributed by atoms with Crippen LogP contribution in [0.15, 0.2) is 0 Å². The van der Waals surface area contributed by atoms with Gasteiger partial charge >= 0.3 is 0 Å². The van der Waals surface area contributed by atoms with E-state index in [9.17, 15) is 9.59 Å². The minimum absolute atomic E-state index is 0.0600. The van der Waals surface area contributed by atoms with Gasteiger partial charge in [-0.1, -0.05) is 20.8 Å². The number of amides is 2. The highest BCUT2D eigenvalue weighted by atomic mass is 16.5. The van der Waals surface area contributed by atoms with Gasteiger partial charge in [-0.25, -0.2) is 0 Å². The van der Waals surface area contributed by atoms with Crippen molar-refractivity contribution in [2.24, 2.45) is 5.92 Å². The minimum atomic E-state index is 0.0600. The molecule has 2 N–H and O–H groups in total. The van der Waals surface area contributed by atoms with E-state index in [2.05, 4.69) is 10.6 Å². The predicted octanol–water partition coefficient (Wildman–Crippen LogP) is 1.08. The van der Waals surface area contributed by atoms with E-state index >= 15 is 0 Å². The van der Waals surface area contributed by atoms with Crippen LogP contribution in [-0.2, 0) is 14.3 Å². The van der Waals surface area contributed by atoms with Gasteiger partial charge in [0.1, 0.15) is 0 Å². The fourth-order valence-corrected chi connectivity index (χ4v) is 1.39. The van der Waals surface area contributed by atoms with Crippen molar-refractivity contribution in [3.05, 3.63) is 0 Å². The van der Waals surface area contributed by atoms with Crippen LogP contribution in [0.4, 0.5) is 0 Å². The molecule has 0 atom stereocenters. The zero-order chi connectivity index (χ0) is 13.8. The Morgan fingerprint density at radius 2 is 1.61 bits per heavy atom. The third-order valence-corrected chi connectivity index (χ3v) is 2.21. The number of rotatable bonds is 10. The molecule has 0 aromatic heterocycles. The molecule has 0 aliphatic heterocycles. The lowest BCUT2D eigenvalue weighted by molar-refractivity contribution is -0.122. The van der Waals surface area contributed by atoms with Gasteiger partial charge in [0, 0.05) is 25.9 Å². The van der Waals surface area contributed by atoms with Gasteiger partial charge in [-0.05, 0) is 12.3 Å². The Kier molecular flexibility index (Phi) is 10.3. The van der Waals surface area contributed by atoms with Gasteiger partial charge in [0.15, 0.2) is 0 Å². The largest absolute Gasteiger partial charge is 0.378 e. The maximum atomic E-state index is 11.3. The van der Waals surface area contributed by atoms with Crippen molar-refractivity contribution in [1.29, 1.82) is 0 Å². The Balaban J connectivity index is 3.26. The minimum Gasteiger partial charge on any atom is -0.378 e. The summed E-state index contributed by atoms with van der Waals surface area (Å²) < 4.78 is 5.29. The van der Waals surface area contributed by atoms with Gasteiger partial charge in [0.25, 0.3) is 0 Å². The molecule has 0 saturated carbocycles. The summed E-state index contributed by atoms with van der Waals surface area (Å²) in [5.41, 5.74) is 0. The second kappa shape index (κ2) is 11.0. The second-order valence-electron chi connectivity index (χ2n) is 4.66. The van der Waals surface area contributed by atoms with Crippen molar-refractivity contribution in [2.45, 2.75) is 40.0 Å². The molecule has 0 bridgehead atoms. The molecule has 0 aliphatic rings. The van der Waals surface area contributed by atoms with Crippen molar-refractivity contribution in [3.8, 4) is 0 Å². The average molecular weight is 258 g/mol. The van der Waals surface area contributed by atoms with E-state index < -0.39 is 0 Å².